The van der Waals surface area contributed by atoms with Crippen molar-refractivity contribution in [3.63, 3.8) is 0 Å². The topological polar surface area (TPSA) is 49.4 Å². The van der Waals surface area contributed by atoms with Gasteiger partial charge in [0.15, 0.2) is 0 Å². The Kier molecular flexibility index (Phi) is 6.43. The highest BCUT2D eigenvalue weighted by Gasteiger charge is 2.24. The lowest BCUT2D eigenvalue weighted by Crippen LogP contribution is -2.42. The lowest BCUT2D eigenvalue weighted by molar-refractivity contribution is -0.131. The van der Waals surface area contributed by atoms with Gasteiger partial charge in [-0.2, -0.15) is 0 Å². The fourth-order valence-electron chi connectivity index (χ4n) is 3.01. The molecule has 0 spiro atoms. The Morgan fingerprint density at radius 1 is 1.27 bits per heavy atom. The Hall–Kier alpha value is -1.36. The minimum absolute atomic E-state index is 0.0122. The Labute approximate surface area is 140 Å². The van der Waals surface area contributed by atoms with Gasteiger partial charge in [-0.1, -0.05) is 47.0 Å². The van der Waals surface area contributed by atoms with Crippen molar-refractivity contribution in [1.82, 2.24) is 10.2 Å². The zero-order chi connectivity index (χ0) is 15.9. The summed E-state index contributed by atoms with van der Waals surface area (Å²) in [6.07, 6.45) is 4.92. The summed E-state index contributed by atoms with van der Waals surface area (Å²) < 4.78 is 0.946. The summed E-state index contributed by atoms with van der Waals surface area (Å²) in [7, 11) is 0. The van der Waals surface area contributed by atoms with Crippen molar-refractivity contribution in [2.45, 2.75) is 45.1 Å². The number of nitrogens with one attached hydrogen (secondary N) is 1. The predicted molar refractivity (Wildman–Crippen MR) is 90.5 cm³/mol. The van der Waals surface area contributed by atoms with E-state index < -0.39 is 0 Å². The molecule has 1 N–H and O–H groups in total. The first-order valence-electron chi connectivity index (χ1n) is 7.85. The van der Waals surface area contributed by atoms with Gasteiger partial charge in [0.05, 0.1) is 6.42 Å². The number of hydrogen-bond acceptors (Lipinski definition) is 2. The van der Waals surface area contributed by atoms with E-state index in [-0.39, 0.29) is 11.8 Å². The quantitative estimate of drug-likeness (QED) is 0.841. The number of nitrogens with zero attached hydrogens (tertiary/aromatic N) is 1. The Balaban J connectivity index is 1.78. The molecule has 0 atom stereocenters. The van der Waals surface area contributed by atoms with Gasteiger partial charge in [0.25, 0.3) is 0 Å². The maximum atomic E-state index is 12.0. The van der Waals surface area contributed by atoms with Gasteiger partial charge in [-0.05, 0) is 24.5 Å². The molecule has 1 aromatic rings. The average Bonchev–Trinajstić information content (AvgIpc) is 2.99. The van der Waals surface area contributed by atoms with E-state index in [0.29, 0.717) is 25.6 Å². The highest BCUT2D eigenvalue weighted by Crippen LogP contribution is 2.23. The first kappa shape index (κ1) is 17.0. The van der Waals surface area contributed by atoms with E-state index in [1.54, 1.807) is 6.92 Å². The first-order chi connectivity index (χ1) is 10.6. The van der Waals surface area contributed by atoms with Gasteiger partial charge < -0.3 is 10.2 Å². The number of benzene rings is 1. The molecule has 0 saturated heterocycles. The van der Waals surface area contributed by atoms with E-state index in [2.05, 4.69) is 21.2 Å². The Morgan fingerprint density at radius 2 is 1.95 bits per heavy atom. The highest BCUT2D eigenvalue weighted by atomic mass is 79.9. The molecule has 2 amide bonds. The van der Waals surface area contributed by atoms with Gasteiger partial charge in [-0.3, -0.25) is 9.59 Å². The van der Waals surface area contributed by atoms with Crippen molar-refractivity contribution in [3.8, 4) is 0 Å². The SMILES string of the molecule is CC(=O)N(CCNC(=O)Cc1ccccc1Br)C1CCCC1. The number of amides is 2. The normalized spacial score (nSPS) is 14.8. The third-order valence-corrected chi connectivity index (χ3v) is 4.93. The van der Waals surface area contributed by atoms with Gasteiger partial charge in [0.1, 0.15) is 0 Å². The van der Waals surface area contributed by atoms with Crippen LogP contribution < -0.4 is 5.32 Å². The molecular weight excluding hydrogens is 344 g/mol. The highest BCUT2D eigenvalue weighted by molar-refractivity contribution is 9.10. The van der Waals surface area contributed by atoms with Crippen LogP contribution in [0.25, 0.3) is 0 Å². The molecule has 4 nitrogen and oxygen atoms in total. The second-order valence-corrected chi connectivity index (χ2v) is 6.62. The van der Waals surface area contributed by atoms with E-state index >= 15 is 0 Å². The number of rotatable bonds is 6. The molecule has 1 aliphatic rings. The lowest BCUT2D eigenvalue weighted by atomic mass is 10.1. The van der Waals surface area contributed by atoms with E-state index in [1.165, 1.54) is 12.8 Å². The van der Waals surface area contributed by atoms with Crippen LogP contribution in [0.4, 0.5) is 0 Å². The monoisotopic (exact) mass is 366 g/mol. The van der Waals surface area contributed by atoms with Gasteiger partial charge in [-0.25, -0.2) is 0 Å². The standard InChI is InChI=1S/C17H23BrN2O2/c1-13(21)20(15-7-3-4-8-15)11-10-19-17(22)12-14-6-2-5-9-16(14)18/h2,5-6,9,15H,3-4,7-8,10-12H2,1H3,(H,19,22). The zero-order valence-corrected chi connectivity index (χ0v) is 14.6. The van der Waals surface area contributed by atoms with Crippen molar-refractivity contribution < 1.29 is 9.59 Å². The molecule has 0 aliphatic heterocycles. The molecule has 0 heterocycles. The molecule has 0 radical (unpaired) electrons. The molecule has 0 unspecified atom stereocenters. The molecule has 1 aliphatic carbocycles. The third-order valence-electron chi connectivity index (χ3n) is 4.15. The molecule has 1 fully saturated rings. The van der Waals surface area contributed by atoms with Crippen LogP contribution in [0.2, 0.25) is 0 Å². The van der Waals surface area contributed by atoms with Gasteiger partial charge in [0.2, 0.25) is 11.8 Å². The van der Waals surface area contributed by atoms with E-state index in [4.69, 9.17) is 0 Å². The van der Waals surface area contributed by atoms with Crippen LogP contribution in [0, 0.1) is 0 Å². The van der Waals surface area contributed by atoms with Crippen LogP contribution in [-0.2, 0) is 16.0 Å². The molecule has 0 bridgehead atoms. The van der Waals surface area contributed by atoms with E-state index in [0.717, 1.165) is 22.9 Å². The second-order valence-electron chi connectivity index (χ2n) is 5.77. The molecule has 1 saturated carbocycles. The Morgan fingerprint density at radius 3 is 2.59 bits per heavy atom. The molecule has 22 heavy (non-hydrogen) atoms. The van der Waals surface area contributed by atoms with Crippen LogP contribution in [0.3, 0.4) is 0 Å². The van der Waals surface area contributed by atoms with Crippen molar-refractivity contribution in [2.24, 2.45) is 0 Å². The van der Waals surface area contributed by atoms with Gasteiger partial charge in [0, 0.05) is 30.5 Å². The average molecular weight is 367 g/mol. The van der Waals surface area contributed by atoms with E-state index in [1.807, 2.05) is 29.2 Å². The van der Waals surface area contributed by atoms with Crippen molar-refractivity contribution in [2.75, 3.05) is 13.1 Å². The van der Waals surface area contributed by atoms with Crippen LogP contribution in [0.1, 0.15) is 38.2 Å². The first-order valence-corrected chi connectivity index (χ1v) is 8.64. The molecule has 120 valence electrons. The number of halogens is 1. The summed E-state index contributed by atoms with van der Waals surface area (Å²) >= 11 is 3.45. The van der Waals surface area contributed by atoms with Crippen molar-refractivity contribution in [1.29, 1.82) is 0 Å². The zero-order valence-electron chi connectivity index (χ0n) is 13.0. The smallest absolute Gasteiger partial charge is 0.224 e. The lowest BCUT2D eigenvalue weighted by Gasteiger charge is -2.27. The summed E-state index contributed by atoms with van der Waals surface area (Å²) in [5.74, 6) is 0.0915. The maximum absolute atomic E-state index is 12.0. The maximum Gasteiger partial charge on any atom is 0.224 e. The minimum Gasteiger partial charge on any atom is -0.354 e. The minimum atomic E-state index is -0.0122. The van der Waals surface area contributed by atoms with Crippen LogP contribution >= 0.6 is 15.9 Å². The van der Waals surface area contributed by atoms with Crippen molar-refractivity contribution in [3.05, 3.63) is 34.3 Å². The summed E-state index contributed by atoms with van der Waals surface area (Å²) in [5.41, 5.74) is 0.971. The largest absolute Gasteiger partial charge is 0.354 e. The predicted octanol–water partition coefficient (Wildman–Crippen LogP) is 2.90. The van der Waals surface area contributed by atoms with E-state index in [9.17, 15) is 9.59 Å². The third kappa shape index (κ3) is 4.83. The molecular formula is C17H23BrN2O2. The Bertz CT molecular complexity index is 527. The van der Waals surface area contributed by atoms with Crippen LogP contribution in [-0.4, -0.2) is 35.8 Å². The summed E-state index contributed by atoms with van der Waals surface area (Å²) in [6, 6.07) is 8.07. The second kappa shape index (κ2) is 8.32. The molecule has 1 aromatic carbocycles. The van der Waals surface area contributed by atoms with Crippen molar-refractivity contribution >= 4 is 27.7 Å². The van der Waals surface area contributed by atoms with Crippen LogP contribution in [0.15, 0.2) is 28.7 Å². The fourth-order valence-corrected chi connectivity index (χ4v) is 3.43. The molecule has 5 heteroatoms. The number of carbonyl (C=O) groups excluding carboxylic acids is 2. The molecule has 2 rings (SSSR count). The summed E-state index contributed by atoms with van der Waals surface area (Å²) in [6.45, 7) is 2.72. The van der Waals surface area contributed by atoms with Crippen LogP contribution in [0.5, 0.6) is 0 Å². The van der Waals surface area contributed by atoms with Gasteiger partial charge >= 0.3 is 0 Å². The summed E-state index contributed by atoms with van der Waals surface area (Å²) in [5, 5.41) is 2.91. The number of hydrogen-bond donors (Lipinski definition) is 1. The number of carbonyl (C=O) groups is 2. The van der Waals surface area contributed by atoms with Gasteiger partial charge in [-0.15, -0.1) is 0 Å². The molecule has 0 aromatic heterocycles. The fraction of sp³-hybridized carbons (Fsp3) is 0.529. The summed E-state index contributed by atoms with van der Waals surface area (Å²) in [4.78, 5) is 25.7.